The van der Waals surface area contributed by atoms with Crippen LogP contribution in [0.3, 0.4) is 0 Å². The fourth-order valence-electron chi connectivity index (χ4n) is 2.48. The number of carbonyl (C=O) groups excluding carboxylic acids is 1. The van der Waals surface area contributed by atoms with Crippen LogP contribution in [0.25, 0.3) is 0 Å². The molecule has 1 saturated carbocycles. The molecule has 3 heteroatoms. The topological polar surface area (TPSA) is 46.3 Å². The van der Waals surface area contributed by atoms with E-state index in [-0.39, 0.29) is 11.9 Å². The molecule has 0 spiro atoms. The minimum absolute atomic E-state index is 0.0288. The van der Waals surface area contributed by atoms with Crippen molar-refractivity contribution >= 4 is 5.91 Å². The monoisotopic (exact) mass is 212 g/mol. The molecule has 3 unspecified atom stereocenters. The molecule has 1 amide bonds. The van der Waals surface area contributed by atoms with Gasteiger partial charge in [0.1, 0.15) is 0 Å². The first-order valence-electron chi connectivity index (χ1n) is 6.03. The smallest absolute Gasteiger partial charge is 0.224 e. The van der Waals surface area contributed by atoms with E-state index in [1.165, 1.54) is 19.3 Å². The van der Waals surface area contributed by atoms with Crippen molar-refractivity contribution < 1.29 is 4.79 Å². The lowest BCUT2D eigenvalue weighted by molar-refractivity contribution is -0.133. The van der Waals surface area contributed by atoms with Crippen LogP contribution in [0, 0.1) is 5.92 Å². The Bertz CT molecular complexity index is 216. The van der Waals surface area contributed by atoms with E-state index in [2.05, 4.69) is 6.92 Å². The second-order valence-electron chi connectivity index (χ2n) is 5.02. The van der Waals surface area contributed by atoms with Crippen LogP contribution in [0.4, 0.5) is 0 Å². The standard InChI is InChI=1S/C12H24N2O/c1-9-6-4-5-7-11(9)14(3)12(15)8-10(2)13/h9-11H,4-8,13H2,1-3H3. The number of carbonyl (C=O) groups is 1. The zero-order valence-corrected chi connectivity index (χ0v) is 10.2. The molecule has 3 atom stereocenters. The molecule has 15 heavy (non-hydrogen) atoms. The summed E-state index contributed by atoms with van der Waals surface area (Å²) >= 11 is 0. The van der Waals surface area contributed by atoms with Gasteiger partial charge in [-0.15, -0.1) is 0 Å². The quantitative estimate of drug-likeness (QED) is 0.775. The average Bonchev–Trinajstić information content (AvgIpc) is 2.16. The average molecular weight is 212 g/mol. The van der Waals surface area contributed by atoms with Gasteiger partial charge >= 0.3 is 0 Å². The van der Waals surface area contributed by atoms with Crippen molar-refractivity contribution in [2.75, 3.05) is 7.05 Å². The fourth-order valence-corrected chi connectivity index (χ4v) is 2.48. The van der Waals surface area contributed by atoms with Crippen molar-refractivity contribution in [1.82, 2.24) is 4.90 Å². The predicted octanol–water partition coefficient (Wildman–Crippen LogP) is 1.76. The van der Waals surface area contributed by atoms with Gasteiger partial charge in [0.25, 0.3) is 0 Å². The first kappa shape index (κ1) is 12.5. The number of nitrogens with two attached hydrogens (primary N) is 1. The zero-order chi connectivity index (χ0) is 11.4. The van der Waals surface area contributed by atoms with Crippen molar-refractivity contribution in [1.29, 1.82) is 0 Å². The highest BCUT2D eigenvalue weighted by Crippen LogP contribution is 2.27. The molecular formula is C12H24N2O. The maximum atomic E-state index is 11.8. The maximum Gasteiger partial charge on any atom is 0.224 e. The third-order valence-corrected chi connectivity index (χ3v) is 3.45. The molecule has 0 heterocycles. The van der Waals surface area contributed by atoms with Crippen LogP contribution in [0.15, 0.2) is 0 Å². The van der Waals surface area contributed by atoms with Crippen molar-refractivity contribution in [2.45, 2.75) is 58.0 Å². The Labute approximate surface area is 93.0 Å². The van der Waals surface area contributed by atoms with Crippen molar-refractivity contribution in [3.8, 4) is 0 Å². The molecule has 0 bridgehead atoms. The molecule has 1 fully saturated rings. The summed E-state index contributed by atoms with van der Waals surface area (Å²) in [5, 5.41) is 0. The fraction of sp³-hybridized carbons (Fsp3) is 0.917. The predicted molar refractivity (Wildman–Crippen MR) is 62.5 cm³/mol. The highest BCUT2D eigenvalue weighted by Gasteiger charge is 2.27. The minimum atomic E-state index is -0.0288. The van der Waals surface area contributed by atoms with Gasteiger partial charge in [-0.1, -0.05) is 19.8 Å². The lowest BCUT2D eigenvalue weighted by Crippen LogP contribution is -2.44. The Morgan fingerprint density at radius 2 is 2.07 bits per heavy atom. The molecule has 0 aromatic carbocycles. The Hall–Kier alpha value is -0.570. The molecule has 2 N–H and O–H groups in total. The first-order chi connectivity index (χ1) is 7.02. The zero-order valence-electron chi connectivity index (χ0n) is 10.2. The molecule has 0 aromatic rings. The molecule has 3 nitrogen and oxygen atoms in total. The Balaban J connectivity index is 2.50. The summed E-state index contributed by atoms with van der Waals surface area (Å²) in [4.78, 5) is 13.8. The highest BCUT2D eigenvalue weighted by molar-refractivity contribution is 5.76. The molecule has 0 aliphatic heterocycles. The van der Waals surface area contributed by atoms with Crippen molar-refractivity contribution in [3.63, 3.8) is 0 Å². The summed E-state index contributed by atoms with van der Waals surface area (Å²) in [5.74, 6) is 0.838. The first-order valence-corrected chi connectivity index (χ1v) is 6.03. The van der Waals surface area contributed by atoms with Gasteiger partial charge < -0.3 is 10.6 Å². The molecule has 88 valence electrons. The lowest BCUT2D eigenvalue weighted by atomic mass is 9.85. The van der Waals surface area contributed by atoms with E-state index >= 15 is 0 Å². The summed E-state index contributed by atoms with van der Waals surface area (Å²) in [6.45, 7) is 4.13. The normalized spacial score (nSPS) is 28.5. The van der Waals surface area contributed by atoms with E-state index in [4.69, 9.17) is 5.73 Å². The van der Waals surface area contributed by atoms with Crippen LogP contribution < -0.4 is 5.73 Å². The van der Waals surface area contributed by atoms with E-state index in [1.807, 2.05) is 18.9 Å². The summed E-state index contributed by atoms with van der Waals surface area (Å²) in [7, 11) is 1.93. The van der Waals surface area contributed by atoms with Gasteiger partial charge in [0.2, 0.25) is 5.91 Å². The summed E-state index contributed by atoms with van der Waals surface area (Å²) in [5.41, 5.74) is 5.65. The molecule has 0 aromatic heterocycles. The van der Waals surface area contributed by atoms with Crippen LogP contribution in [-0.2, 0) is 4.79 Å². The lowest BCUT2D eigenvalue weighted by Gasteiger charge is -2.36. The van der Waals surface area contributed by atoms with E-state index in [0.29, 0.717) is 18.4 Å². The largest absolute Gasteiger partial charge is 0.342 e. The second-order valence-corrected chi connectivity index (χ2v) is 5.02. The maximum absolute atomic E-state index is 11.8. The SMILES string of the molecule is CC(N)CC(=O)N(C)C1CCCCC1C. The van der Waals surface area contributed by atoms with E-state index in [0.717, 1.165) is 6.42 Å². The van der Waals surface area contributed by atoms with Gasteiger partial charge in [-0.05, 0) is 25.7 Å². The number of hydrogen-bond donors (Lipinski definition) is 1. The van der Waals surface area contributed by atoms with E-state index in [1.54, 1.807) is 0 Å². The molecule has 1 aliphatic carbocycles. The van der Waals surface area contributed by atoms with Crippen molar-refractivity contribution in [3.05, 3.63) is 0 Å². The second kappa shape index (κ2) is 5.50. The Morgan fingerprint density at radius 3 is 2.60 bits per heavy atom. The number of amides is 1. The molecule has 1 rings (SSSR count). The van der Waals surface area contributed by atoms with Gasteiger partial charge in [0, 0.05) is 25.6 Å². The number of nitrogens with zero attached hydrogens (tertiary/aromatic N) is 1. The van der Waals surface area contributed by atoms with Gasteiger partial charge in [0.15, 0.2) is 0 Å². The van der Waals surface area contributed by atoms with Crippen LogP contribution in [0.5, 0.6) is 0 Å². The van der Waals surface area contributed by atoms with Crippen LogP contribution in [-0.4, -0.2) is 29.9 Å². The van der Waals surface area contributed by atoms with Gasteiger partial charge in [-0.25, -0.2) is 0 Å². The molecular weight excluding hydrogens is 188 g/mol. The molecule has 0 saturated heterocycles. The molecule has 1 aliphatic rings. The summed E-state index contributed by atoms with van der Waals surface area (Å²) in [6.07, 6.45) is 5.44. The Morgan fingerprint density at radius 1 is 1.47 bits per heavy atom. The van der Waals surface area contributed by atoms with Crippen molar-refractivity contribution in [2.24, 2.45) is 11.7 Å². The highest BCUT2D eigenvalue weighted by atomic mass is 16.2. The minimum Gasteiger partial charge on any atom is -0.342 e. The number of rotatable bonds is 3. The molecule has 0 radical (unpaired) electrons. The van der Waals surface area contributed by atoms with Crippen LogP contribution >= 0.6 is 0 Å². The number of hydrogen-bond acceptors (Lipinski definition) is 2. The van der Waals surface area contributed by atoms with Gasteiger partial charge in [0.05, 0.1) is 0 Å². The Kier molecular flexibility index (Phi) is 4.58. The van der Waals surface area contributed by atoms with E-state index in [9.17, 15) is 4.79 Å². The van der Waals surface area contributed by atoms with Crippen LogP contribution in [0.1, 0.15) is 46.0 Å². The third kappa shape index (κ3) is 3.49. The van der Waals surface area contributed by atoms with Gasteiger partial charge in [-0.3, -0.25) is 4.79 Å². The summed E-state index contributed by atoms with van der Waals surface area (Å²) < 4.78 is 0. The van der Waals surface area contributed by atoms with Crippen LogP contribution in [0.2, 0.25) is 0 Å². The third-order valence-electron chi connectivity index (χ3n) is 3.45. The van der Waals surface area contributed by atoms with Gasteiger partial charge in [-0.2, -0.15) is 0 Å². The summed E-state index contributed by atoms with van der Waals surface area (Å²) in [6, 6.07) is 0.406. The van der Waals surface area contributed by atoms with E-state index < -0.39 is 0 Å².